The first-order chi connectivity index (χ1) is 17.3. The van der Waals surface area contributed by atoms with Gasteiger partial charge in [0.05, 0.1) is 5.75 Å². The molecule has 174 valence electrons. The Labute approximate surface area is 207 Å². The molecule has 2 aromatic heterocycles. The predicted molar refractivity (Wildman–Crippen MR) is 136 cm³/mol. The van der Waals surface area contributed by atoms with Crippen LogP contribution in [0.5, 0.6) is 5.75 Å². The fraction of sp³-hybridized carbons (Fsp3) is 0.111. The Bertz CT molecular complexity index is 1420. The molecule has 0 unspecified atom stereocenters. The molecular weight excluding hydrogens is 458 g/mol. The Morgan fingerprint density at radius 2 is 1.66 bits per heavy atom. The van der Waals surface area contributed by atoms with Crippen LogP contribution in [-0.4, -0.2) is 31.4 Å². The molecule has 2 heterocycles. The van der Waals surface area contributed by atoms with Gasteiger partial charge in [-0.15, -0.1) is 10.2 Å². The molecule has 3 aromatic carbocycles. The van der Waals surface area contributed by atoms with Gasteiger partial charge in [-0.05, 0) is 29.8 Å². The maximum atomic E-state index is 12.5. The highest BCUT2D eigenvalue weighted by molar-refractivity contribution is 7.99. The predicted octanol–water partition coefficient (Wildman–Crippen LogP) is 4.80. The van der Waals surface area contributed by atoms with Crippen LogP contribution in [0.3, 0.4) is 0 Å². The van der Waals surface area contributed by atoms with E-state index in [-0.39, 0.29) is 18.3 Å². The highest BCUT2D eigenvalue weighted by Gasteiger charge is 2.17. The van der Waals surface area contributed by atoms with Crippen molar-refractivity contribution in [2.24, 2.45) is 0 Å². The van der Waals surface area contributed by atoms with Gasteiger partial charge in [0.2, 0.25) is 5.91 Å². The maximum Gasteiger partial charge on any atom is 0.230 e. The number of amides is 1. The molecule has 0 fully saturated rings. The fourth-order valence-corrected chi connectivity index (χ4v) is 4.44. The second-order valence-electron chi connectivity index (χ2n) is 7.74. The van der Waals surface area contributed by atoms with Crippen LogP contribution >= 0.6 is 11.8 Å². The molecule has 0 saturated carbocycles. The van der Waals surface area contributed by atoms with E-state index in [4.69, 9.17) is 4.74 Å². The average molecular weight is 482 g/mol. The molecule has 0 radical (unpaired) electrons. The molecule has 0 bridgehead atoms. The number of ether oxygens (including phenoxy) is 1. The largest absolute Gasteiger partial charge is 0.483 e. The van der Waals surface area contributed by atoms with Gasteiger partial charge in [0, 0.05) is 23.8 Å². The summed E-state index contributed by atoms with van der Waals surface area (Å²) in [5, 5.41) is 13.3. The lowest BCUT2D eigenvalue weighted by molar-refractivity contribution is -0.118. The van der Waals surface area contributed by atoms with Gasteiger partial charge in [0.1, 0.15) is 17.9 Å². The van der Waals surface area contributed by atoms with Gasteiger partial charge < -0.3 is 10.1 Å². The van der Waals surface area contributed by atoms with E-state index in [1.807, 2.05) is 95.6 Å². The fourth-order valence-electron chi connectivity index (χ4n) is 3.64. The zero-order valence-corrected chi connectivity index (χ0v) is 19.7. The molecule has 0 spiro atoms. The number of nitrogens with zero attached hydrogens (tertiary/aromatic N) is 4. The molecule has 7 nitrogen and oxygen atoms in total. The Morgan fingerprint density at radius 3 is 2.49 bits per heavy atom. The summed E-state index contributed by atoms with van der Waals surface area (Å²) in [4.78, 5) is 16.9. The van der Waals surface area contributed by atoms with Crippen molar-refractivity contribution >= 4 is 28.6 Å². The number of carbonyl (C=O) groups is 1. The normalized spacial score (nSPS) is 10.9. The number of hydrogen-bond donors (Lipinski definition) is 1. The maximum absolute atomic E-state index is 12.5. The number of hydrogen-bond acceptors (Lipinski definition) is 6. The molecule has 8 heteroatoms. The van der Waals surface area contributed by atoms with Gasteiger partial charge in [-0.2, -0.15) is 0 Å². The van der Waals surface area contributed by atoms with Gasteiger partial charge in [-0.1, -0.05) is 78.5 Å². The monoisotopic (exact) mass is 481 g/mol. The van der Waals surface area contributed by atoms with E-state index in [2.05, 4.69) is 20.5 Å². The second-order valence-corrected chi connectivity index (χ2v) is 8.68. The molecule has 0 atom stereocenters. The number of thioether (sulfide) groups is 1. The third-order valence-corrected chi connectivity index (χ3v) is 6.26. The van der Waals surface area contributed by atoms with Gasteiger partial charge in [-0.3, -0.25) is 14.3 Å². The topological polar surface area (TPSA) is 81.9 Å². The quantitative estimate of drug-likeness (QED) is 0.305. The summed E-state index contributed by atoms with van der Waals surface area (Å²) < 4.78 is 8.04. The van der Waals surface area contributed by atoms with E-state index in [0.717, 1.165) is 22.2 Å². The van der Waals surface area contributed by atoms with Crippen molar-refractivity contribution in [3.05, 3.63) is 109 Å². The van der Waals surface area contributed by atoms with Crippen molar-refractivity contribution in [2.75, 3.05) is 5.75 Å². The Balaban J connectivity index is 1.31. The summed E-state index contributed by atoms with van der Waals surface area (Å²) in [5.41, 5.74) is 2.76. The van der Waals surface area contributed by atoms with Crippen LogP contribution in [0.4, 0.5) is 0 Å². The van der Waals surface area contributed by atoms with Crippen LogP contribution in [0.2, 0.25) is 0 Å². The molecule has 0 aliphatic carbocycles. The van der Waals surface area contributed by atoms with Crippen LogP contribution < -0.4 is 10.1 Å². The van der Waals surface area contributed by atoms with E-state index in [9.17, 15) is 4.79 Å². The smallest absolute Gasteiger partial charge is 0.230 e. The van der Waals surface area contributed by atoms with Crippen molar-refractivity contribution in [3.63, 3.8) is 0 Å². The number of benzene rings is 3. The number of carbonyl (C=O) groups excluding carboxylic acids is 1. The van der Waals surface area contributed by atoms with Crippen molar-refractivity contribution in [1.82, 2.24) is 25.1 Å². The first kappa shape index (κ1) is 22.6. The molecule has 5 rings (SSSR count). The molecule has 5 aromatic rings. The Hall–Kier alpha value is -4.17. The van der Waals surface area contributed by atoms with Gasteiger partial charge in [0.15, 0.2) is 11.0 Å². The van der Waals surface area contributed by atoms with Crippen molar-refractivity contribution in [2.45, 2.75) is 18.3 Å². The zero-order chi connectivity index (χ0) is 23.9. The van der Waals surface area contributed by atoms with Gasteiger partial charge >= 0.3 is 0 Å². The van der Waals surface area contributed by atoms with Crippen LogP contribution in [0, 0.1) is 0 Å². The number of nitrogens with one attached hydrogen (secondary N) is 1. The lowest BCUT2D eigenvalue weighted by atomic mass is 10.2. The minimum Gasteiger partial charge on any atom is -0.483 e. The van der Waals surface area contributed by atoms with E-state index in [1.165, 1.54) is 11.8 Å². The van der Waals surface area contributed by atoms with Crippen LogP contribution in [-0.2, 0) is 17.9 Å². The minimum atomic E-state index is -0.0684. The van der Waals surface area contributed by atoms with Crippen molar-refractivity contribution < 1.29 is 9.53 Å². The summed E-state index contributed by atoms with van der Waals surface area (Å²) in [6.07, 6.45) is 1.75. The standard InChI is InChI=1S/C27H23N5O2S/c33-25(29-17-20-9-3-1-4-10-20)19-35-27-31-30-24(32(27)22-13-5-2-6-14-22)18-34-23-15-7-11-21-12-8-16-28-26(21)23/h1-16H,17-19H2,(H,29,33). The summed E-state index contributed by atoms with van der Waals surface area (Å²) in [5.74, 6) is 1.48. The summed E-state index contributed by atoms with van der Waals surface area (Å²) in [6.45, 7) is 0.697. The van der Waals surface area contributed by atoms with E-state index in [0.29, 0.717) is 23.3 Å². The average Bonchev–Trinajstić information content (AvgIpc) is 3.33. The highest BCUT2D eigenvalue weighted by atomic mass is 32.2. The summed E-state index contributed by atoms with van der Waals surface area (Å²) >= 11 is 1.34. The van der Waals surface area contributed by atoms with Crippen LogP contribution in [0.25, 0.3) is 16.6 Å². The first-order valence-corrected chi connectivity index (χ1v) is 12.2. The number of para-hydroxylation sites is 2. The van der Waals surface area contributed by atoms with E-state index < -0.39 is 0 Å². The first-order valence-electron chi connectivity index (χ1n) is 11.2. The number of rotatable bonds is 9. The molecule has 1 amide bonds. The number of aromatic nitrogens is 4. The van der Waals surface area contributed by atoms with Crippen LogP contribution in [0.15, 0.2) is 102 Å². The third-order valence-electron chi connectivity index (χ3n) is 5.33. The lowest BCUT2D eigenvalue weighted by Gasteiger charge is -2.12. The third kappa shape index (κ3) is 5.50. The van der Waals surface area contributed by atoms with E-state index in [1.54, 1.807) is 6.20 Å². The Morgan fingerprint density at radius 1 is 0.886 bits per heavy atom. The van der Waals surface area contributed by atoms with Gasteiger partial charge in [-0.25, -0.2) is 0 Å². The molecule has 1 N–H and O–H groups in total. The van der Waals surface area contributed by atoms with Crippen LogP contribution in [0.1, 0.15) is 11.4 Å². The Kier molecular flexibility index (Phi) is 7.00. The minimum absolute atomic E-state index is 0.0684. The summed E-state index contributed by atoms with van der Waals surface area (Å²) in [7, 11) is 0. The van der Waals surface area contributed by atoms with Crippen molar-refractivity contribution in [3.8, 4) is 11.4 Å². The molecule has 0 aliphatic heterocycles. The molecule has 0 aliphatic rings. The summed E-state index contributed by atoms with van der Waals surface area (Å²) in [6, 6.07) is 29.4. The molecule has 0 saturated heterocycles. The SMILES string of the molecule is O=C(CSc1nnc(COc2cccc3cccnc23)n1-c1ccccc1)NCc1ccccc1. The second kappa shape index (κ2) is 10.8. The highest BCUT2D eigenvalue weighted by Crippen LogP contribution is 2.26. The molecular formula is C27H23N5O2S. The zero-order valence-electron chi connectivity index (χ0n) is 18.9. The van der Waals surface area contributed by atoms with Crippen molar-refractivity contribution in [1.29, 1.82) is 0 Å². The lowest BCUT2D eigenvalue weighted by Crippen LogP contribution is -2.24. The molecule has 35 heavy (non-hydrogen) atoms. The number of fused-ring (bicyclic) bond motifs is 1. The van der Waals surface area contributed by atoms with E-state index >= 15 is 0 Å². The number of pyridine rings is 1. The van der Waals surface area contributed by atoms with Gasteiger partial charge in [0.25, 0.3) is 0 Å².